The van der Waals surface area contributed by atoms with Gasteiger partial charge in [0.05, 0.1) is 11.5 Å². The molecule has 1 aromatic rings. The second-order valence-electron chi connectivity index (χ2n) is 2.98. The molecule has 0 aliphatic carbocycles. The Morgan fingerprint density at radius 1 is 1.07 bits per heavy atom. The number of hydrogen-bond acceptors (Lipinski definition) is 4. The molecule has 7 heteroatoms. The van der Waals surface area contributed by atoms with E-state index in [0.29, 0.717) is 0 Å². The van der Waals surface area contributed by atoms with Crippen molar-refractivity contribution < 1.29 is 16.8 Å². The Morgan fingerprint density at radius 2 is 1.60 bits per heavy atom. The Hall–Kier alpha value is -0.820. The molecule has 0 radical (unpaired) electrons. The van der Waals surface area contributed by atoms with E-state index in [1.54, 1.807) is 0 Å². The normalized spacial score (nSPS) is 12.9. The molecule has 0 bridgehead atoms. The molecule has 86 valence electrons. The van der Waals surface area contributed by atoms with E-state index in [2.05, 4.69) is 4.98 Å². The summed E-state index contributed by atoms with van der Waals surface area (Å²) >= 11 is 0. The van der Waals surface area contributed by atoms with Crippen LogP contribution in [-0.2, 0) is 19.7 Å². The molecule has 1 rings (SSSR count). The number of rotatable bonds is 4. The van der Waals surface area contributed by atoms with Gasteiger partial charge in [-0.2, -0.15) is 0 Å². The molecule has 0 saturated heterocycles. The summed E-state index contributed by atoms with van der Waals surface area (Å²) in [4.78, 5) is 2.34. The number of hydrogen-bond donors (Lipinski definition) is 1. The third kappa shape index (κ3) is 2.23. The summed E-state index contributed by atoms with van der Waals surface area (Å²) in [7, 11) is -7.00. The van der Waals surface area contributed by atoms with Gasteiger partial charge in [-0.05, 0) is 6.07 Å². The number of H-pyrrole nitrogens is 1. The quantitative estimate of drug-likeness (QED) is 0.849. The molecule has 1 aromatic heterocycles. The predicted octanol–water partition coefficient (Wildman–Crippen LogP) is 0.602. The summed E-state index contributed by atoms with van der Waals surface area (Å²) in [6.45, 7) is 2.95. The van der Waals surface area contributed by atoms with Crippen molar-refractivity contribution in [3.05, 3.63) is 12.3 Å². The van der Waals surface area contributed by atoms with Crippen molar-refractivity contribution in [2.24, 2.45) is 0 Å². The van der Waals surface area contributed by atoms with E-state index in [1.165, 1.54) is 26.1 Å². The SMILES string of the molecule is CCS(=O)(=O)c1cc[nH]c1S(=O)(=O)CC. The van der Waals surface area contributed by atoms with Crippen LogP contribution in [0.1, 0.15) is 13.8 Å². The van der Waals surface area contributed by atoms with Gasteiger partial charge in [-0.15, -0.1) is 0 Å². The number of aromatic amines is 1. The van der Waals surface area contributed by atoms with E-state index < -0.39 is 19.7 Å². The van der Waals surface area contributed by atoms with Gasteiger partial charge >= 0.3 is 0 Å². The fraction of sp³-hybridized carbons (Fsp3) is 0.500. The summed E-state index contributed by atoms with van der Waals surface area (Å²) in [5.41, 5.74) is 0. The molecule has 0 aromatic carbocycles. The fourth-order valence-corrected chi connectivity index (χ4v) is 3.73. The molecular weight excluding hydrogens is 238 g/mol. The first kappa shape index (κ1) is 12.3. The van der Waals surface area contributed by atoms with Gasteiger partial charge in [-0.25, -0.2) is 16.8 Å². The molecule has 5 nitrogen and oxygen atoms in total. The van der Waals surface area contributed by atoms with E-state index in [9.17, 15) is 16.8 Å². The van der Waals surface area contributed by atoms with Crippen molar-refractivity contribution in [3.63, 3.8) is 0 Å². The van der Waals surface area contributed by atoms with E-state index in [-0.39, 0.29) is 21.4 Å². The highest BCUT2D eigenvalue weighted by molar-refractivity contribution is 7.94. The predicted molar refractivity (Wildman–Crippen MR) is 56.2 cm³/mol. The van der Waals surface area contributed by atoms with Gasteiger partial charge < -0.3 is 4.98 Å². The lowest BCUT2D eigenvalue weighted by Crippen LogP contribution is -2.11. The summed E-state index contributed by atoms with van der Waals surface area (Å²) in [5, 5.41) is -0.202. The highest BCUT2D eigenvalue weighted by atomic mass is 32.2. The van der Waals surface area contributed by atoms with Crippen LogP contribution in [0.2, 0.25) is 0 Å². The van der Waals surface area contributed by atoms with Gasteiger partial charge in [0.25, 0.3) is 0 Å². The van der Waals surface area contributed by atoms with Gasteiger partial charge in [0.2, 0.25) is 0 Å². The average Bonchev–Trinajstić information content (AvgIpc) is 2.67. The lowest BCUT2D eigenvalue weighted by Gasteiger charge is -2.03. The molecule has 1 N–H and O–H groups in total. The minimum atomic E-state index is -3.51. The molecular formula is C8H13NO4S2. The molecule has 0 aliphatic rings. The van der Waals surface area contributed by atoms with Crippen molar-refractivity contribution in [1.29, 1.82) is 0 Å². The molecule has 0 fully saturated rings. The van der Waals surface area contributed by atoms with Crippen molar-refractivity contribution in [1.82, 2.24) is 4.98 Å². The van der Waals surface area contributed by atoms with Crippen molar-refractivity contribution in [2.75, 3.05) is 11.5 Å². The first-order valence-corrected chi connectivity index (χ1v) is 7.78. The number of aromatic nitrogens is 1. The zero-order valence-electron chi connectivity index (χ0n) is 8.52. The number of sulfone groups is 2. The first-order chi connectivity index (χ1) is 6.85. The second-order valence-corrected chi connectivity index (χ2v) is 7.44. The topological polar surface area (TPSA) is 84.1 Å². The van der Waals surface area contributed by atoms with Crippen LogP contribution in [0, 0.1) is 0 Å². The van der Waals surface area contributed by atoms with Gasteiger partial charge in [-0.1, -0.05) is 13.8 Å². The van der Waals surface area contributed by atoms with Gasteiger partial charge in [0.1, 0.15) is 4.90 Å². The molecule has 0 aliphatic heterocycles. The lowest BCUT2D eigenvalue weighted by atomic mass is 10.7. The maximum absolute atomic E-state index is 11.6. The fourth-order valence-electron chi connectivity index (χ4n) is 1.13. The van der Waals surface area contributed by atoms with E-state index in [1.807, 2.05) is 0 Å². The van der Waals surface area contributed by atoms with E-state index in [4.69, 9.17) is 0 Å². The average molecular weight is 251 g/mol. The zero-order valence-corrected chi connectivity index (χ0v) is 10.2. The summed E-state index contributed by atoms with van der Waals surface area (Å²) in [6, 6.07) is 1.28. The Kier molecular flexibility index (Phi) is 3.25. The van der Waals surface area contributed by atoms with Crippen LogP contribution in [0.15, 0.2) is 22.2 Å². The van der Waals surface area contributed by atoms with Crippen LogP contribution in [0.5, 0.6) is 0 Å². The summed E-state index contributed by atoms with van der Waals surface area (Å²) in [5.74, 6) is -0.239. The van der Waals surface area contributed by atoms with Crippen molar-refractivity contribution in [2.45, 2.75) is 23.8 Å². The Bertz CT molecular complexity index is 490. The summed E-state index contributed by atoms with van der Waals surface area (Å²) < 4.78 is 46.2. The van der Waals surface area contributed by atoms with Gasteiger partial charge in [0, 0.05) is 6.20 Å². The summed E-state index contributed by atoms with van der Waals surface area (Å²) in [6.07, 6.45) is 1.32. The van der Waals surface area contributed by atoms with E-state index in [0.717, 1.165) is 0 Å². The first-order valence-electron chi connectivity index (χ1n) is 4.48. The van der Waals surface area contributed by atoms with Crippen LogP contribution < -0.4 is 0 Å². The molecule has 0 atom stereocenters. The highest BCUT2D eigenvalue weighted by Gasteiger charge is 2.25. The lowest BCUT2D eigenvalue weighted by molar-refractivity contribution is 0.581. The minimum absolute atomic E-state index is 0.114. The Balaban J connectivity index is 3.45. The van der Waals surface area contributed by atoms with Crippen LogP contribution in [0.3, 0.4) is 0 Å². The standard InChI is InChI=1S/C8H13NO4S2/c1-3-14(10,11)7-5-6-9-8(7)15(12,13)4-2/h5-6,9H,3-4H2,1-2H3. The van der Waals surface area contributed by atoms with Crippen molar-refractivity contribution >= 4 is 19.7 Å². The molecule has 0 unspecified atom stereocenters. The molecule has 0 spiro atoms. The van der Waals surface area contributed by atoms with Gasteiger partial charge in [-0.3, -0.25) is 0 Å². The maximum Gasteiger partial charge on any atom is 0.194 e. The van der Waals surface area contributed by atoms with Crippen LogP contribution >= 0.6 is 0 Å². The molecule has 1 heterocycles. The third-order valence-electron chi connectivity index (χ3n) is 2.08. The highest BCUT2D eigenvalue weighted by Crippen LogP contribution is 2.21. The maximum atomic E-state index is 11.6. The third-order valence-corrected chi connectivity index (χ3v) is 5.70. The number of nitrogens with one attached hydrogen (secondary N) is 1. The van der Waals surface area contributed by atoms with Crippen LogP contribution in [-0.4, -0.2) is 33.3 Å². The largest absolute Gasteiger partial charge is 0.351 e. The molecule has 0 amide bonds. The second kappa shape index (κ2) is 3.97. The monoisotopic (exact) mass is 251 g/mol. The van der Waals surface area contributed by atoms with Gasteiger partial charge in [0.15, 0.2) is 24.7 Å². The minimum Gasteiger partial charge on any atom is -0.351 e. The molecule has 0 saturated carbocycles. The van der Waals surface area contributed by atoms with E-state index >= 15 is 0 Å². The zero-order chi connectivity index (χ0) is 11.7. The smallest absolute Gasteiger partial charge is 0.194 e. The van der Waals surface area contributed by atoms with Crippen molar-refractivity contribution in [3.8, 4) is 0 Å². The van der Waals surface area contributed by atoms with Crippen LogP contribution in [0.25, 0.3) is 0 Å². The Morgan fingerprint density at radius 3 is 2.07 bits per heavy atom. The van der Waals surface area contributed by atoms with Crippen LogP contribution in [0.4, 0.5) is 0 Å². The molecule has 15 heavy (non-hydrogen) atoms. The Labute approximate surface area is 89.4 Å².